The maximum absolute atomic E-state index is 11.2. The molecule has 0 radical (unpaired) electrons. The molecule has 0 saturated heterocycles. The van der Waals surface area contributed by atoms with E-state index < -0.39 is 11.2 Å². The first-order valence-corrected chi connectivity index (χ1v) is 8.10. The van der Waals surface area contributed by atoms with Crippen LogP contribution in [0.15, 0.2) is 0 Å². The van der Waals surface area contributed by atoms with Crippen molar-refractivity contribution in [3.63, 3.8) is 0 Å². The zero-order valence-electron chi connectivity index (χ0n) is 12.6. The number of hydrogen-bond acceptors (Lipinski definition) is 5. The summed E-state index contributed by atoms with van der Waals surface area (Å²) in [5, 5.41) is 17.0. The molecule has 0 aromatic heterocycles. The first-order valence-electron chi connectivity index (χ1n) is 7.05. The monoisotopic (exact) mass is 313 g/mol. The molecule has 5 nitrogen and oxygen atoms in total. The largest absolute Gasteiger partial charge is 0.480 e. The lowest BCUT2D eigenvalue weighted by atomic mass is 10.2. The summed E-state index contributed by atoms with van der Waals surface area (Å²) in [6, 6.07) is 2.05. The van der Waals surface area contributed by atoms with E-state index in [2.05, 4.69) is 11.8 Å². The van der Waals surface area contributed by atoms with Crippen LogP contribution in [0.3, 0.4) is 0 Å². The van der Waals surface area contributed by atoms with Gasteiger partial charge in [-0.1, -0.05) is 0 Å². The topological polar surface area (TPSA) is 79.5 Å². The fourth-order valence-corrected chi connectivity index (χ4v) is 2.36. The Morgan fingerprint density at radius 2 is 1.90 bits per heavy atom. The third-order valence-electron chi connectivity index (χ3n) is 2.42. The van der Waals surface area contributed by atoms with Gasteiger partial charge in [-0.05, 0) is 20.3 Å². The van der Waals surface area contributed by atoms with E-state index in [9.17, 15) is 9.90 Å². The molecule has 0 aliphatic carbocycles. The highest BCUT2D eigenvalue weighted by molar-refractivity contribution is 8.00. The number of ether oxygens (including phenoxy) is 2. The Kier molecular flexibility index (Phi) is 13.0. The number of nitrogens with zero attached hydrogens (tertiary/aromatic N) is 1. The summed E-state index contributed by atoms with van der Waals surface area (Å²) in [7, 11) is 0. The number of unbranched alkanes of at least 4 members (excludes halogenated alkanes) is 2. The first-order chi connectivity index (χ1) is 10.2. The Bertz CT molecular complexity index is 377. The second-order valence-corrected chi connectivity index (χ2v) is 5.31. The standard InChI is InChI=1S/C15H23NO4S/c1-3-19-14(20-4-2)12-21-13(15(17)18)10-8-6-5-7-9-11-16/h13-14H,3-5,7,9-10,12H2,1-2H3,(H,17,18). The molecule has 0 rings (SSSR count). The Morgan fingerprint density at radius 1 is 1.24 bits per heavy atom. The Hall–Kier alpha value is -1.21. The second-order valence-electron chi connectivity index (χ2n) is 4.07. The van der Waals surface area contributed by atoms with Crippen molar-refractivity contribution in [1.29, 1.82) is 5.26 Å². The van der Waals surface area contributed by atoms with E-state index in [-0.39, 0.29) is 12.7 Å². The summed E-state index contributed by atoms with van der Waals surface area (Å²) in [5.74, 6) is 5.36. The predicted molar refractivity (Wildman–Crippen MR) is 82.8 cm³/mol. The number of carbonyl (C=O) groups is 1. The molecule has 0 bridgehead atoms. The molecule has 0 aromatic carbocycles. The summed E-state index contributed by atoms with van der Waals surface area (Å²) in [6.07, 6.45) is 1.75. The predicted octanol–water partition coefficient (Wildman–Crippen LogP) is 2.66. The van der Waals surface area contributed by atoms with Crippen LogP contribution in [0.25, 0.3) is 0 Å². The number of nitriles is 1. The van der Waals surface area contributed by atoms with Crippen molar-refractivity contribution in [1.82, 2.24) is 0 Å². The third-order valence-corrected chi connectivity index (χ3v) is 3.65. The molecule has 21 heavy (non-hydrogen) atoms. The molecule has 0 aliphatic rings. The minimum absolute atomic E-state index is 0.289. The summed E-state index contributed by atoms with van der Waals surface area (Å²) in [4.78, 5) is 11.2. The molecule has 1 unspecified atom stereocenters. The van der Waals surface area contributed by atoms with Gasteiger partial charge in [0.25, 0.3) is 0 Å². The van der Waals surface area contributed by atoms with E-state index in [0.29, 0.717) is 31.8 Å². The molecular weight excluding hydrogens is 290 g/mol. The van der Waals surface area contributed by atoms with Crippen LogP contribution in [0.4, 0.5) is 0 Å². The summed E-state index contributed by atoms with van der Waals surface area (Å²) >= 11 is 1.28. The summed E-state index contributed by atoms with van der Waals surface area (Å²) in [5.41, 5.74) is 0. The Morgan fingerprint density at radius 3 is 2.43 bits per heavy atom. The zero-order chi connectivity index (χ0) is 15.9. The summed E-state index contributed by atoms with van der Waals surface area (Å²) in [6.45, 7) is 4.81. The summed E-state index contributed by atoms with van der Waals surface area (Å²) < 4.78 is 10.8. The van der Waals surface area contributed by atoms with Crippen molar-refractivity contribution >= 4 is 17.7 Å². The Balaban J connectivity index is 4.17. The van der Waals surface area contributed by atoms with Crippen molar-refractivity contribution in [3.8, 4) is 17.9 Å². The van der Waals surface area contributed by atoms with E-state index in [0.717, 1.165) is 6.42 Å². The van der Waals surface area contributed by atoms with Gasteiger partial charge in [0.15, 0.2) is 6.29 Å². The minimum atomic E-state index is -0.877. The molecule has 118 valence electrons. The fourth-order valence-electron chi connectivity index (χ4n) is 1.44. The number of carboxylic acid groups (broad SMARTS) is 1. The number of thioether (sulfide) groups is 1. The fraction of sp³-hybridized carbons (Fsp3) is 0.733. The van der Waals surface area contributed by atoms with Crippen molar-refractivity contribution < 1.29 is 19.4 Å². The van der Waals surface area contributed by atoms with Gasteiger partial charge in [0.05, 0.1) is 6.07 Å². The van der Waals surface area contributed by atoms with Crippen molar-refractivity contribution in [2.24, 2.45) is 0 Å². The lowest BCUT2D eigenvalue weighted by Crippen LogP contribution is -2.24. The minimum Gasteiger partial charge on any atom is -0.480 e. The molecule has 0 saturated carbocycles. The van der Waals surface area contributed by atoms with E-state index in [1.807, 2.05) is 19.9 Å². The van der Waals surface area contributed by atoms with Crippen molar-refractivity contribution in [2.45, 2.75) is 51.1 Å². The van der Waals surface area contributed by atoms with Crippen LogP contribution in [0.5, 0.6) is 0 Å². The van der Waals surface area contributed by atoms with Crippen LogP contribution in [0, 0.1) is 23.2 Å². The molecule has 0 spiro atoms. The number of hydrogen-bond donors (Lipinski definition) is 1. The molecule has 0 heterocycles. The van der Waals surface area contributed by atoms with Crippen LogP contribution in [-0.4, -0.2) is 41.6 Å². The smallest absolute Gasteiger partial charge is 0.317 e. The van der Waals surface area contributed by atoms with Gasteiger partial charge in [0.2, 0.25) is 0 Å². The van der Waals surface area contributed by atoms with Gasteiger partial charge < -0.3 is 14.6 Å². The van der Waals surface area contributed by atoms with Gasteiger partial charge >= 0.3 is 5.97 Å². The normalized spacial score (nSPS) is 11.5. The molecule has 0 aromatic rings. The van der Waals surface area contributed by atoms with E-state index in [1.165, 1.54) is 11.8 Å². The van der Waals surface area contributed by atoms with Crippen molar-refractivity contribution in [3.05, 3.63) is 0 Å². The van der Waals surface area contributed by atoms with Crippen LogP contribution in [0.2, 0.25) is 0 Å². The average molecular weight is 313 g/mol. The van der Waals surface area contributed by atoms with Crippen LogP contribution < -0.4 is 0 Å². The molecule has 0 aliphatic heterocycles. The number of rotatable bonds is 11. The van der Waals surface area contributed by atoms with Gasteiger partial charge in [-0.2, -0.15) is 5.26 Å². The van der Waals surface area contributed by atoms with E-state index in [1.54, 1.807) is 0 Å². The Labute approximate surface area is 131 Å². The van der Waals surface area contributed by atoms with E-state index in [4.69, 9.17) is 14.7 Å². The van der Waals surface area contributed by atoms with Crippen LogP contribution in [-0.2, 0) is 14.3 Å². The molecule has 6 heteroatoms. The lowest BCUT2D eigenvalue weighted by Gasteiger charge is -2.18. The van der Waals surface area contributed by atoms with Gasteiger partial charge in [-0.3, -0.25) is 4.79 Å². The quantitative estimate of drug-likeness (QED) is 0.359. The third kappa shape index (κ3) is 11.2. The van der Waals surface area contributed by atoms with E-state index >= 15 is 0 Å². The molecule has 0 fully saturated rings. The van der Waals surface area contributed by atoms with Gasteiger partial charge in [0.1, 0.15) is 5.25 Å². The van der Waals surface area contributed by atoms with Gasteiger partial charge in [0, 0.05) is 38.2 Å². The second kappa shape index (κ2) is 13.8. The maximum Gasteiger partial charge on any atom is 0.317 e. The lowest BCUT2D eigenvalue weighted by molar-refractivity contribution is -0.136. The molecule has 0 amide bonds. The van der Waals surface area contributed by atoms with Gasteiger partial charge in [-0.15, -0.1) is 23.6 Å². The molecule has 1 atom stereocenters. The first kappa shape index (κ1) is 19.8. The van der Waals surface area contributed by atoms with Crippen LogP contribution >= 0.6 is 11.8 Å². The van der Waals surface area contributed by atoms with Crippen LogP contribution in [0.1, 0.15) is 39.5 Å². The number of aliphatic carboxylic acids is 1. The highest BCUT2D eigenvalue weighted by atomic mass is 32.2. The molecular formula is C15H23NO4S. The average Bonchev–Trinajstić information content (AvgIpc) is 2.45. The van der Waals surface area contributed by atoms with Crippen molar-refractivity contribution in [2.75, 3.05) is 19.0 Å². The zero-order valence-corrected chi connectivity index (χ0v) is 13.4. The SMILES string of the molecule is CCOC(CSC(CC#CCCCC#N)C(=O)O)OCC. The highest BCUT2D eigenvalue weighted by Gasteiger charge is 2.19. The van der Waals surface area contributed by atoms with Gasteiger partial charge in [-0.25, -0.2) is 0 Å². The number of carboxylic acids is 1. The maximum atomic E-state index is 11.2. The highest BCUT2D eigenvalue weighted by Crippen LogP contribution is 2.17. The molecule has 1 N–H and O–H groups in total.